The number of carbonyl (C=O) groups excluding carboxylic acids is 1. The molecule has 0 radical (unpaired) electrons. The van der Waals surface area contributed by atoms with E-state index >= 15 is 0 Å². The molecule has 0 aromatic carbocycles. The largest absolute Gasteiger partial charge is 0.355 e. The van der Waals surface area contributed by atoms with Crippen LogP contribution in [0.4, 0.5) is 0 Å². The molecule has 0 aromatic heterocycles. The number of amides is 1. The summed E-state index contributed by atoms with van der Waals surface area (Å²) in [6.45, 7) is 3.58. The van der Waals surface area contributed by atoms with Crippen molar-refractivity contribution in [2.24, 2.45) is 0 Å². The fourth-order valence-electron chi connectivity index (χ4n) is 2.81. The van der Waals surface area contributed by atoms with Gasteiger partial charge >= 0.3 is 0 Å². The molecule has 5 nitrogen and oxygen atoms in total. The second-order valence-electron chi connectivity index (χ2n) is 7.46. The van der Waals surface area contributed by atoms with Gasteiger partial charge in [-0.15, -0.1) is 0 Å². The van der Waals surface area contributed by atoms with Crippen LogP contribution < -0.4 is 5.32 Å². The van der Waals surface area contributed by atoms with Gasteiger partial charge in [-0.25, -0.2) is 0 Å². The van der Waals surface area contributed by atoms with Crippen LogP contribution in [0.25, 0.3) is 0 Å². The van der Waals surface area contributed by atoms with Gasteiger partial charge in [-0.3, -0.25) is 9.35 Å². The minimum atomic E-state index is -4.07. The molecule has 0 aliphatic rings. The lowest BCUT2D eigenvalue weighted by molar-refractivity contribution is -0.121. The summed E-state index contributed by atoms with van der Waals surface area (Å²) in [6, 6.07) is 0. The molecule has 0 aromatic rings. The molecule has 0 aliphatic carbocycles. The number of allylic oxidation sites excluding steroid dienone is 2. The van der Waals surface area contributed by atoms with Crippen LogP contribution in [0.5, 0.6) is 0 Å². The molecule has 0 spiro atoms. The van der Waals surface area contributed by atoms with Gasteiger partial charge < -0.3 is 5.32 Å². The molecule has 0 aliphatic heterocycles. The molecule has 0 bridgehead atoms. The third kappa shape index (κ3) is 18.3. The summed E-state index contributed by atoms with van der Waals surface area (Å²) in [5.74, 6) is -0.150. The maximum atomic E-state index is 11.6. The van der Waals surface area contributed by atoms with E-state index in [0.29, 0.717) is 6.42 Å². The first-order valence-corrected chi connectivity index (χ1v) is 12.3. The Morgan fingerprint density at radius 1 is 0.889 bits per heavy atom. The summed E-state index contributed by atoms with van der Waals surface area (Å²) >= 11 is 0. The molecular weight excluding hydrogens is 362 g/mol. The normalized spacial score (nSPS) is 13.1. The van der Waals surface area contributed by atoms with Crippen LogP contribution in [0, 0.1) is 0 Å². The highest BCUT2D eigenvalue weighted by Crippen LogP contribution is 2.10. The van der Waals surface area contributed by atoms with Crippen molar-refractivity contribution in [2.75, 3.05) is 6.54 Å². The Hall–Kier alpha value is -0.880. The molecule has 1 atom stereocenters. The van der Waals surface area contributed by atoms with Crippen LogP contribution in [-0.2, 0) is 14.9 Å². The Morgan fingerprint density at radius 2 is 1.37 bits per heavy atom. The zero-order valence-electron chi connectivity index (χ0n) is 17.4. The SMILES string of the molecule is CCCCCCCC/C=C\CCCCCCCC(=O)NCC(C)S(=O)(=O)O. The maximum Gasteiger partial charge on any atom is 0.269 e. The van der Waals surface area contributed by atoms with E-state index in [1.807, 2.05) is 0 Å². The average molecular weight is 404 g/mol. The summed E-state index contributed by atoms with van der Waals surface area (Å²) < 4.78 is 30.5. The molecule has 27 heavy (non-hydrogen) atoms. The van der Waals surface area contributed by atoms with Crippen LogP contribution in [0.3, 0.4) is 0 Å². The maximum absolute atomic E-state index is 11.6. The molecule has 160 valence electrons. The minimum Gasteiger partial charge on any atom is -0.355 e. The van der Waals surface area contributed by atoms with E-state index in [9.17, 15) is 13.2 Å². The van der Waals surface area contributed by atoms with E-state index in [0.717, 1.165) is 25.7 Å². The Balaban J connectivity index is 3.37. The highest BCUT2D eigenvalue weighted by atomic mass is 32.2. The van der Waals surface area contributed by atoms with Crippen molar-refractivity contribution in [1.82, 2.24) is 5.32 Å². The quantitative estimate of drug-likeness (QED) is 0.182. The van der Waals surface area contributed by atoms with Gasteiger partial charge in [-0.2, -0.15) is 8.42 Å². The van der Waals surface area contributed by atoms with Gasteiger partial charge in [0.15, 0.2) is 0 Å². The molecule has 6 heteroatoms. The molecule has 0 heterocycles. The van der Waals surface area contributed by atoms with Crippen LogP contribution in [0.1, 0.15) is 104 Å². The monoisotopic (exact) mass is 403 g/mol. The standard InChI is InChI=1S/C21H41NO4S/c1-3-4-5-6-7-8-9-10-11-12-13-14-15-16-17-18-21(23)22-19-20(2)27(24,25)26/h10-11,20H,3-9,12-19H2,1-2H3,(H,22,23)(H,24,25,26)/b11-10-. The summed E-state index contributed by atoms with van der Waals surface area (Å²) in [5.41, 5.74) is 0. The molecule has 2 N–H and O–H groups in total. The zero-order valence-corrected chi connectivity index (χ0v) is 18.2. The summed E-state index contributed by atoms with van der Waals surface area (Å²) in [7, 11) is -4.07. The van der Waals surface area contributed by atoms with Crippen molar-refractivity contribution in [3.05, 3.63) is 12.2 Å². The van der Waals surface area contributed by atoms with E-state index in [-0.39, 0.29) is 12.5 Å². The van der Waals surface area contributed by atoms with Crippen molar-refractivity contribution >= 4 is 16.0 Å². The first kappa shape index (κ1) is 26.1. The molecule has 0 saturated carbocycles. The van der Waals surface area contributed by atoms with Crippen LogP contribution >= 0.6 is 0 Å². The van der Waals surface area contributed by atoms with Gasteiger partial charge in [0.2, 0.25) is 5.91 Å². The van der Waals surface area contributed by atoms with Crippen LogP contribution in [0.2, 0.25) is 0 Å². The van der Waals surface area contributed by atoms with E-state index in [4.69, 9.17) is 4.55 Å². The first-order valence-electron chi connectivity index (χ1n) is 10.8. The lowest BCUT2D eigenvalue weighted by Gasteiger charge is -2.09. The Morgan fingerprint density at radius 3 is 1.89 bits per heavy atom. The van der Waals surface area contributed by atoms with Crippen molar-refractivity contribution < 1.29 is 17.8 Å². The van der Waals surface area contributed by atoms with Crippen molar-refractivity contribution in [3.8, 4) is 0 Å². The predicted molar refractivity (Wildman–Crippen MR) is 113 cm³/mol. The van der Waals surface area contributed by atoms with E-state index in [1.54, 1.807) is 0 Å². The van der Waals surface area contributed by atoms with Crippen molar-refractivity contribution in [2.45, 2.75) is 109 Å². The molecule has 1 unspecified atom stereocenters. The smallest absolute Gasteiger partial charge is 0.269 e. The molecule has 0 fully saturated rings. The number of carbonyl (C=O) groups is 1. The fourth-order valence-corrected chi connectivity index (χ4v) is 3.10. The number of nitrogens with one attached hydrogen (secondary N) is 1. The Bertz CT molecular complexity index is 488. The summed E-state index contributed by atoms with van der Waals surface area (Å²) in [4.78, 5) is 11.6. The molecular formula is C21H41NO4S. The van der Waals surface area contributed by atoms with Gasteiger partial charge in [-0.1, -0.05) is 70.4 Å². The molecule has 0 saturated heterocycles. The second-order valence-corrected chi connectivity index (χ2v) is 9.30. The highest BCUT2D eigenvalue weighted by Gasteiger charge is 2.17. The van der Waals surface area contributed by atoms with Crippen LogP contribution in [-0.4, -0.2) is 30.7 Å². The minimum absolute atomic E-state index is 0.0389. The Kier molecular flexibility index (Phi) is 16.7. The number of rotatable bonds is 18. The third-order valence-corrected chi connectivity index (χ3v) is 5.94. The van der Waals surface area contributed by atoms with Gasteiger partial charge in [0.1, 0.15) is 5.25 Å². The van der Waals surface area contributed by atoms with E-state index in [1.165, 1.54) is 64.7 Å². The number of hydrogen-bond acceptors (Lipinski definition) is 3. The molecule has 0 rings (SSSR count). The van der Waals surface area contributed by atoms with Gasteiger partial charge in [-0.05, 0) is 39.0 Å². The summed E-state index contributed by atoms with van der Waals surface area (Å²) in [6.07, 6.45) is 20.8. The average Bonchev–Trinajstić information content (AvgIpc) is 2.62. The Labute approximate surface area is 167 Å². The number of hydrogen-bond donors (Lipinski definition) is 2. The van der Waals surface area contributed by atoms with E-state index < -0.39 is 15.4 Å². The van der Waals surface area contributed by atoms with Crippen molar-refractivity contribution in [1.29, 1.82) is 0 Å². The highest BCUT2D eigenvalue weighted by molar-refractivity contribution is 7.86. The lowest BCUT2D eigenvalue weighted by Crippen LogP contribution is -2.34. The molecule has 1 amide bonds. The van der Waals surface area contributed by atoms with Gasteiger partial charge in [0.25, 0.3) is 10.1 Å². The van der Waals surface area contributed by atoms with E-state index in [2.05, 4.69) is 24.4 Å². The van der Waals surface area contributed by atoms with Crippen LogP contribution in [0.15, 0.2) is 12.2 Å². The first-order chi connectivity index (χ1) is 12.9. The third-order valence-electron chi connectivity index (χ3n) is 4.76. The zero-order chi connectivity index (χ0) is 20.4. The second kappa shape index (κ2) is 17.2. The van der Waals surface area contributed by atoms with Gasteiger partial charge in [0, 0.05) is 13.0 Å². The fraction of sp³-hybridized carbons (Fsp3) is 0.857. The predicted octanol–water partition coefficient (Wildman–Crippen LogP) is 5.42. The number of unbranched alkanes of at least 4 members (excludes halogenated alkanes) is 11. The summed E-state index contributed by atoms with van der Waals surface area (Å²) in [5, 5.41) is 1.59. The topological polar surface area (TPSA) is 83.5 Å². The lowest BCUT2D eigenvalue weighted by atomic mass is 10.1. The van der Waals surface area contributed by atoms with Crippen molar-refractivity contribution in [3.63, 3.8) is 0 Å². The van der Waals surface area contributed by atoms with Gasteiger partial charge in [0.05, 0.1) is 0 Å².